The molecular formula is C14H16N4O. The Balaban J connectivity index is 1.63. The molecule has 0 unspecified atom stereocenters. The van der Waals surface area contributed by atoms with Crippen LogP contribution in [-0.2, 0) is 0 Å². The van der Waals surface area contributed by atoms with Crippen molar-refractivity contribution in [3.05, 3.63) is 48.5 Å². The lowest BCUT2D eigenvalue weighted by atomic mass is 10.0. The molecule has 2 heterocycles. The fraction of sp³-hybridized carbons (Fsp3) is 0.286. The fourth-order valence-electron chi connectivity index (χ4n) is 2.03. The summed E-state index contributed by atoms with van der Waals surface area (Å²) >= 11 is 0. The normalized spacial score (nSPS) is 14.9. The van der Waals surface area contributed by atoms with E-state index in [1.165, 1.54) is 0 Å². The van der Waals surface area contributed by atoms with Crippen molar-refractivity contribution in [1.82, 2.24) is 20.2 Å². The number of rotatable bonds is 4. The highest BCUT2D eigenvalue weighted by Crippen LogP contribution is 2.09. The molecule has 1 aliphatic heterocycles. The monoisotopic (exact) mass is 256 g/mol. The summed E-state index contributed by atoms with van der Waals surface area (Å²) < 4.78 is 1.90. The van der Waals surface area contributed by atoms with Gasteiger partial charge in [0.05, 0.1) is 6.33 Å². The van der Waals surface area contributed by atoms with Crippen molar-refractivity contribution in [1.29, 1.82) is 0 Å². The molecular weight excluding hydrogens is 240 g/mol. The molecule has 5 heteroatoms. The van der Waals surface area contributed by atoms with E-state index in [-0.39, 0.29) is 5.91 Å². The number of aromatic nitrogens is 2. The Bertz CT molecular complexity index is 543. The van der Waals surface area contributed by atoms with Gasteiger partial charge in [0.25, 0.3) is 5.91 Å². The Morgan fingerprint density at radius 2 is 2.16 bits per heavy atom. The second kappa shape index (κ2) is 5.24. The van der Waals surface area contributed by atoms with Crippen molar-refractivity contribution in [2.45, 2.75) is 0 Å². The fourth-order valence-corrected chi connectivity index (χ4v) is 2.03. The second-order valence-corrected chi connectivity index (χ2v) is 4.75. The first kappa shape index (κ1) is 11.9. The summed E-state index contributed by atoms with van der Waals surface area (Å²) in [7, 11) is 0. The average molecular weight is 256 g/mol. The van der Waals surface area contributed by atoms with E-state index in [0.717, 1.165) is 25.3 Å². The third kappa shape index (κ3) is 2.66. The molecule has 1 aliphatic rings. The average Bonchev–Trinajstić information content (AvgIpc) is 2.91. The Hall–Kier alpha value is -2.14. The molecule has 0 bridgehead atoms. The summed E-state index contributed by atoms with van der Waals surface area (Å²) in [4.78, 5) is 15.9. The van der Waals surface area contributed by atoms with Gasteiger partial charge in [-0.3, -0.25) is 4.79 Å². The lowest BCUT2D eigenvalue weighted by molar-refractivity contribution is 0.0942. The van der Waals surface area contributed by atoms with Gasteiger partial charge in [0.15, 0.2) is 0 Å². The van der Waals surface area contributed by atoms with Gasteiger partial charge in [0, 0.05) is 49.2 Å². The summed E-state index contributed by atoms with van der Waals surface area (Å²) in [6.45, 7) is 2.74. The Morgan fingerprint density at radius 3 is 2.74 bits per heavy atom. The van der Waals surface area contributed by atoms with E-state index in [1.807, 2.05) is 35.0 Å². The third-order valence-electron chi connectivity index (χ3n) is 3.35. The minimum absolute atomic E-state index is 0.0101. The predicted molar refractivity (Wildman–Crippen MR) is 72.3 cm³/mol. The van der Waals surface area contributed by atoms with Crippen molar-refractivity contribution < 1.29 is 4.79 Å². The van der Waals surface area contributed by atoms with E-state index in [1.54, 1.807) is 12.5 Å². The molecule has 0 aliphatic carbocycles. The van der Waals surface area contributed by atoms with Gasteiger partial charge in [-0.25, -0.2) is 4.98 Å². The van der Waals surface area contributed by atoms with Crippen LogP contribution in [0.25, 0.3) is 5.69 Å². The van der Waals surface area contributed by atoms with E-state index in [9.17, 15) is 4.79 Å². The molecule has 2 aromatic rings. The molecule has 98 valence electrons. The van der Waals surface area contributed by atoms with Crippen LogP contribution in [0.5, 0.6) is 0 Å². The van der Waals surface area contributed by atoms with Crippen LogP contribution in [-0.4, -0.2) is 35.1 Å². The maximum absolute atomic E-state index is 11.9. The van der Waals surface area contributed by atoms with Gasteiger partial charge in [-0.05, 0) is 24.3 Å². The van der Waals surface area contributed by atoms with E-state index >= 15 is 0 Å². The number of imidazole rings is 1. The molecule has 2 N–H and O–H groups in total. The first-order valence-corrected chi connectivity index (χ1v) is 6.40. The summed E-state index contributed by atoms with van der Waals surface area (Å²) in [6, 6.07) is 7.51. The number of nitrogens with one attached hydrogen (secondary N) is 2. The summed E-state index contributed by atoms with van der Waals surface area (Å²) in [5.41, 5.74) is 1.69. The third-order valence-corrected chi connectivity index (χ3v) is 3.35. The molecule has 19 heavy (non-hydrogen) atoms. The van der Waals surface area contributed by atoms with E-state index in [0.29, 0.717) is 11.5 Å². The molecule has 0 radical (unpaired) electrons. The van der Waals surface area contributed by atoms with Crippen LogP contribution in [0.3, 0.4) is 0 Å². The first-order chi connectivity index (χ1) is 9.33. The molecule has 0 saturated carbocycles. The largest absolute Gasteiger partial charge is 0.352 e. The number of carbonyl (C=O) groups is 1. The molecule has 1 aromatic carbocycles. The standard InChI is InChI=1S/C14H16N4O/c19-14(17-9-11-7-16-8-11)12-1-3-13(4-2-12)18-6-5-15-10-18/h1-6,10-11,16H,7-9H2,(H,17,19). The molecule has 1 aromatic heterocycles. The highest BCUT2D eigenvalue weighted by atomic mass is 16.1. The molecule has 5 nitrogen and oxygen atoms in total. The molecule has 1 amide bonds. The highest BCUT2D eigenvalue weighted by molar-refractivity contribution is 5.94. The molecule has 3 rings (SSSR count). The lowest BCUT2D eigenvalue weighted by Gasteiger charge is -2.27. The first-order valence-electron chi connectivity index (χ1n) is 6.40. The number of hydrogen-bond acceptors (Lipinski definition) is 3. The van der Waals surface area contributed by atoms with Crippen LogP contribution in [0.4, 0.5) is 0 Å². The Morgan fingerprint density at radius 1 is 1.37 bits per heavy atom. The highest BCUT2D eigenvalue weighted by Gasteiger charge is 2.17. The van der Waals surface area contributed by atoms with E-state index < -0.39 is 0 Å². The Kier molecular flexibility index (Phi) is 3.29. The van der Waals surface area contributed by atoms with Crippen LogP contribution in [0.1, 0.15) is 10.4 Å². The number of carbonyl (C=O) groups excluding carboxylic acids is 1. The zero-order valence-corrected chi connectivity index (χ0v) is 10.5. The summed E-state index contributed by atoms with van der Waals surface area (Å²) in [6.07, 6.45) is 5.34. The summed E-state index contributed by atoms with van der Waals surface area (Å²) in [5, 5.41) is 6.14. The molecule has 0 spiro atoms. The smallest absolute Gasteiger partial charge is 0.251 e. The second-order valence-electron chi connectivity index (χ2n) is 4.75. The van der Waals surface area contributed by atoms with Gasteiger partial charge >= 0.3 is 0 Å². The quantitative estimate of drug-likeness (QED) is 0.851. The maximum Gasteiger partial charge on any atom is 0.251 e. The molecule has 1 saturated heterocycles. The molecule has 0 atom stereocenters. The van der Waals surface area contributed by atoms with E-state index in [4.69, 9.17) is 0 Å². The minimum atomic E-state index is -0.0101. The SMILES string of the molecule is O=C(NCC1CNC1)c1ccc(-n2ccnc2)cc1. The van der Waals surface area contributed by atoms with Gasteiger partial charge in [-0.2, -0.15) is 0 Å². The number of hydrogen-bond donors (Lipinski definition) is 2. The van der Waals surface area contributed by atoms with Crippen molar-refractivity contribution in [3.8, 4) is 5.69 Å². The predicted octanol–water partition coefficient (Wildman–Crippen LogP) is 0.821. The van der Waals surface area contributed by atoms with Crippen molar-refractivity contribution in [2.75, 3.05) is 19.6 Å². The summed E-state index contributed by atoms with van der Waals surface area (Å²) in [5.74, 6) is 0.568. The minimum Gasteiger partial charge on any atom is -0.352 e. The topological polar surface area (TPSA) is 59.0 Å². The van der Waals surface area contributed by atoms with Crippen LogP contribution >= 0.6 is 0 Å². The van der Waals surface area contributed by atoms with Gasteiger partial charge in [-0.1, -0.05) is 0 Å². The van der Waals surface area contributed by atoms with Gasteiger partial charge in [0.1, 0.15) is 0 Å². The maximum atomic E-state index is 11.9. The van der Waals surface area contributed by atoms with Crippen molar-refractivity contribution >= 4 is 5.91 Å². The van der Waals surface area contributed by atoms with Gasteiger partial charge in [0.2, 0.25) is 0 Å². The van der Waals surface area contributed by atoms with Gasteiger partial charge in [-0.15, -0.1) is 0 Å². The Labute approximate surface area is 111 Å². The van der Waals surface area contributed by atoms with Crippen LogP contribution in [0, 0.1) is 5.92 Å². The zero-order chi connectivity index (χ0) is 13.1. The van der Waals surface area contributed by atoms with Gasteiger partial charge < -0.3 is 15.2 Å². The van der Waals surface area contributed by atoms with Crippen molar-refractivity contribution in [2.24, 2.45) is 5.92 Å². The number of nitrogens with zero attached hydrogens (tertiary/aromatic N) is 2. The van der Waals surface area contributed by atoms with Crippen LogP contribution in [0.2, 0.25) is 0 Å². The van der Waals surface area contributed by atoms with Crippen molar-refractivity contribution in [3.63, 3.8) is 0 Å². The molecule has 1 fully saturated rings. The van der Waals surface area contributed by atoms with E-state index in [2.05, 4.69) is 15.6 Å². The lowest BCUT2D eigenvalue weighted by Crippen LogP contribution is -2.48. The van der Waals surface area contributed by atoms with Crippen LogP contribution < -0.4 is 10.6 Å². The number of benzene rings is 1. The van der Waals surface area contributed by atoms with Crippen LogP contribution in [0.15, 0.2) is 43.0 Å². The number of amides is 1. The zero-order valence-electron chi connectivity index (χ0n) is 10.5.